The van der Waals surface area contributed by atoms with Gasteiger partial charge in [0.25, 0.3) is 11.7 Å². The van der Waals surface area contributed by atoms with E-state index in [9.17, 15) is 44.1 Å². The predicted octanol–water partition coefficient (Wildman–Crippen LogP) is 7.86. The number of aliphatic hydroxyl groups excluding tert-OH is 2. The summed E-state index contributed by atoms with van der Waals surface area (Å²) in [5, 5.41) is 33.2. The first-order valence-electron chi connectivity index (χ1n) is 28.8. The quantitative estimate of drug-likeness (QED) is 0.103. The zero-order valence-electron chi connectivity index (χ0n) is 48.6. The van der Waals surface area contributed by atoms with Gasteiger partial charge < -0.3 is 53.5 Å². The van der Waals surface area contributed by atoms with Crippen molar-refractivity contribution in [1.29, 1.82) is 0 Å². The Morgan fingerprint density at radius 3 is 2.32 bits per heavy atom. The number of hydrogen-bond acceptors (Lipinski definition) is 15. The smallest absolute Gasteiger partial charge is 0.409 e. The molecule has 0 spiro atoms. The van der Waals surface area contributed by atoms with Crippen molar-refractivity contribution in [2.24, 2.45) is 35.5 Å². The average Bonchev–Trinajstić information content (AvgIpc) is 3.46. The molecule has 1 saturated carbocycles. The van der Waals surface area contributed by atoms with E-state index < -0.39 is 102 Å². The van der Waals surface area contributed by atoms with Crippen LogP contribution in [0.2, 0.25) is 0 Å². The number of cyclic esters (lactones) is 1. The number of methoxy groups -OCH3 is 2. The predicted molar refractivity (Wildman–Crippen MR) is 298 cm³/mol. The number of fused-ring (bicyclic) bond motifs is 3. The van der Waals surface area contributed by atoms with E-state index in [1.54, 1.807) is 41.0 Å². The Bertz CT molecular complexity index is 2300. The molecule has 15 atom stereocenters. The van der Waals surface area contributed by atoms with E-state index in [-0.39, 0.29) is 62.4 Å². The Morgan fingerprint density at radius 1 is 0.886 bits per heavy atom. The van der Waals surface area contributed by atoms with Gasteiger partial charge in [0.2, 0.25) is 5.79 Å². The van der Waals surface area contributed by atoms with Crippen molar-refractivity contribution in [2.75, 3.05) is 47.6 Å². The van der Waals surface area contributed by atoms with Crippen LogP contribution >= 0.6 is 0 Å². The first kappa shape index (κ1) is 64.9. The van der Waals surface area contributed by atoms with Crippen LogP contribution in [0.5, 0.6) is 0 Å². The fraction of sp³-hybridized carbons (Fsp3) is 0.677. The molecule has 3 heterocycles. The highest BCUT2D eigenvalue weighted by atomic mass is 16.6. The highest BCUT2D eigenvalue weighted by Crippen LogP contribution is 2.38. The van der Waals surface area contributed by atoms with Crippen molar-refractivity contribution in [3.63, 3.8) is 0 Å². The van der Waals surface area contributed by atoms with Gasteiger partial charge in [0.1, 0.15) is 36.2 Å². The third-order valence-electron chi connectivity index (χ3n) is 16.7. The van der Waals surface area contributed by atoms with Crippen LogP contribution in [0.25, 0.3) is 0 Å². The topological polar surface area (TPSA) is 225 Å². The molecular weight excluding hydrogens is 1010 g/mol. The number of carbonyl (C=O) groups excluding carboxylic acids is 6. The van der Waals surface area contributed by atoms with Gasteiger partial charge in [-0.1, -0.05) is 101 Å². The number of rotatable bonds is 12. The Labute approximate surface area is 469 Å². The van der Waals surface area contributed by atoms with E-state index in [0.29, 0.717) is 76.4 Å². The molecule has 4 aliphatic rings. The fourth-order valence-corrected chi connectivity index (χ4v) is 11.6. The van der Waals surface area contributed by atoms with Crippen LogP contribution in [0.3, 0.4) is 0 Å². The van der Waals surface area contributed by atoms with E-state index in [4.69, 9.17) is 28.4 Å². The van der Waals surface area contributed by atoms with Gasteiger partial charge in [-0.3, -0.25) is 19.2 Å². The zero-order valence-corrected chi connectivity index (χ0v) is 48.6. The first-order chi connectivity index (χ1) is 37.6. The minimum Gasteiger partial charge on any atom is -0.460 e. The van der Waals surface area contributed by atoms with Crippen LogP contribution in [0.1, 0.15) is 131 Å². The second-order valence-corrected chi connectivity index (χ2v) is 23.0. The number of hydrogen-bond donors (Lipinski definition) is 3. The number of Topliss-reactive ketones (excluding diaryl/α,β-unsaturated/α-hetero) is 3. The molecule has 3 aliphatic heterocycles. The summed E-state index contributed by atoms with van der Waals surface area (Å²) in [4.78, 5) is 87.3. The van der Waals surface area contributed by atoms with Gasteiger partial charge in [-0.25, -0.2) is 9.59 Å². The lowest BCUT2D eigenvalue weighted by Gasteiger charge is -2.43. The summed E-state index contributed by atoms with van der Waals surface area (Å²) in [6.45, 7) is 13.0. The molecule has 3 N–H and O–H groups in total. The molecule has 2 saturated heterocycles. The Balaban J connectivity index is 1.47. The monoisotopic (exact) mass is 1100 g/mol. The number of allylic oxidation sites excluding steroid dienone is 6. The maximum absolute atomic E-state index is 14.7. The first-order valence-corrected chi connectivity index (χ1v) is 28.8. The lowest BCUT2D eigenvalue weighted by molar-refractivity contribution is -0.266. The van der Waals surface area contributed by atoms with Gasteiger partial charge in [0.15, 0.2) is 5.78 Å². The molecule has 2 bridgehead atoms. The van der Waals surface area contributed by atoms with Crippen LogP contribution in [0.4, 0.5) is 4.79 Å². The lowest BCUT2D eigenvalue weighted by Crippen LogP contribution is -2.61. The number of aliphatic hydroxyl groups is 3. The SMILES string of the molecule is CO[C@@H]1C[C@H](C[C@@H](C)[C@@H]2CC(=O)[C@H](C)/C=C(\C)[C@@H](O)[C@@H](OC)C(=O)[C@H](C)C[C@H](C)/C=C/C=C/C=C(\C)C(OCCc3ccccc3)C[C@@H]3CC[C@@H](C)[C@@](O)(O3)C(=O)C(=O)N3CCCCC3C(=O)O2)CC[C@H]1OC(=O)N(C)CCO. The number of ketones is 3. The number of likely N-dealkylation sites (N-methyl/N-ethyl adjacent to an activating group) is 1. The van der Waals surface area contributed by atoms with E-state index in [1.807, 2.05) is 88.4 Å². The summed E-state index contributed by atoms with van der Waals surface area (Å²) >= 11 is 0. The number of piperidine rings is 1. The van der Waals surface area contributed by atoms with E-state index in [2.05, 4.69) is 0 Å². The molecule has 79 heavy (non-hydrogen) atoms. The normalized spacial score (nSPS) is 35.2. The summed E-state index contributed by atoms with van der Waals surface area (Å²) in [6.07, 6.45) is 10.4. The molecule has 0 aromatic heterocycles. The number of ether oxygens (including phenoxy) is 6. The summed E-state index contributed by atoms with van der Waals surface area (Å²) in [6, 6.07) is 8.76. The van der Waals surface area contributed by atoms with E-state index >= 15 is 0 Å². The maximum Gasteiger partial charge on any atom is 0.409 e. The van der Waals surface area contributed by atoms with Gasteiger partial charge in [-0.05, 0) is 119 Å². The van der Waals surface area contributed by atoms with Gasteiger partial charge in [0, 0.05) is 65.0 Å². The van der Waals surface area contributed by atoms with Gasteiger partial charge in [-0.15, -0.1) is 0 Å². The highest BCUT2D eigenvalue weighted by Gasteiger charge is 2.53. The van der Waals surface area contributed by atoms with Crippen LogP contribution in [0.15, 0.2) is 77.9 Å². The molecule has 2 amide bonds. The van der Waals surface area contributed by atoms with Gasteiger partial charge >= 0.3 is 12.1 Å². The molecular formula is C62H92N2O15. The summed E-state index contributed by atoms with van der Waals surface area (Å²) < 4.78 is 36.5. The number of amides is 2. The summed E-state index contributed by atoms with van der Waals surface area (Å²) in [5.41, 5.74) is 2.34. The lowest BCUT2D eigenvalue weighted by atomic mass is 9.78. The highest BCUT2D eigenvalue weighted by molar-refractivity contribution is 6.39. The molecule has 17 nitrogen and oxygen atoms in total. The van der Waals surface area contributed by atoms with Crippen molar-refractivity contribution in [1.82, 2.24) is 9.80 Å². The third-order valence-corrected chi connectivity index (χ3v) is 16.7. The average molecular weight is 1110 g/mol. The van der Waals surface area contributed by atoms with Crippen molar-refractivity contribution < 1.29 is 72.5 Å². The molecule has 1 aromatic rings. The summed E-state index contributed by atoms with van der Waals surface area (Å²) in [7, 11) is 4.47. The molecule has 0 radical (unpaired) electrons. The largest absolute Gasteiger partial charge is 0.460 e. The minimum atomic E-state index is -2.49. The minimum absolute atomic E-state index is 0.00782. The van der Waals surface area contributed by atoms with Crippen molar-refractivity contribution >= 4 is 35.3 Å². The second kappa shape index (κ2) is 31.4. The summed E-state index contributed by atoms with van der Waals surface area (Å²) in [5.74, 6) is -8.52. The number of carbonyl (C=O) groups is 6. The van der Waals surface area contributed by atoms with Gasteiger partial charge in [0.05, 0.1) is 31.5 Å². The molecule has 440 valence electrons. The fourth-order valence-electron chi connectivity index (χ4n) is 11.6. The van der Waals surface area contributed by atoms with E-state index in [1.165, 1.54) is 16.9 Å². The molecule has 3 fully saturated rings. The van der Waals surface area contributed by atoms with E-state index in [0.717, 1.165) is 11.1 Å². The van der Waals surface area contributed by atoms with Crippen LogP contribution in [-0.2, 0) is 58.8 Å². The second-order valence-electron chi connectivity index (χ2n) is 23.0. The molecule has 1 aromatic carbocycles. The Kier molecular flexibility index (Phi) is 25.8. The number of nitrogens with zero attached hydrogens (tertiary/aromatic N) is 2. The number of benzene rings is 1. The van der Waals surface area contributed by atoms with Crippen LogP contribution < -0.4 is 0 Å². The number of esters is 1. The third kappa shape index (κ3) is 18.3. The van der Waals surface area contributed by atoms with Crippen molar-refractivity contribution in [2.45, 2.75) is 186 Å². The molecule has 17 heteroatoms. The van der Waals surface area contributed by atoms with Crippen LogP contribution in [-0.4, -0.2) is 163 Å². The molecule has 2 unspecified atom stereocenters. The van der Waals surface area contributed by atoms with Crippen molar-refractivity contribution in [3.05, 3.63) is 83.5 Å². The zero-order chi connectivity index (χ0) is 58.0. The maximum atomic E-state index is 14.7. The van der Waals surface area contributed by atoms with Crippen LogP contribution in [0, 0.1) is 35.5 Å². The Morgan fingerprint density at radius 2 is 1.62 bits per heavy atom. The van der Waals surface area contributed by atoms with Gasteiger partial charge in [-0.2, -0.15) is 0 Å². The Hall–Kier alpha value is -4.88. The standard InChI is InChI=1S/C62H92N2O15/c1-39-19-13-11-14-20-40(2)52(76-32-28-46-21-15-12-16-22-46)37-48-26-24-45(7)62(73,79-48)58(69)59(70)64-29-18-17-23-49(64)60(71)77-53(38-50(66)41(3)34-44(6)56(68)57(75-10)55(67)43(5)33-39)42(4)35-47-25-27-51(54(36-47)74-9)78-61(72)63(8)30-31-65/h11-16,19-22,34,39,41-43,45,47-49,51-54,56-57,65,68,73H,17-18,23-33,35-38H2,1-10H3/b14-11+,19-13+,40-20+,44-34+/t39-,41-,42-,43-,45-,47+,48+,49?,51-,52?,53+,54-,56-,57+,62-/m1/s1. The molecule has 5 rings (SSSR count). The molecule has 1 aliphatic carbocycles. The van der Waals surface area contributed by atoms with Crippen molar-refractivity contribution in [3.8, 4) is 0 Å².